The zero-order valence-electron chi connectivity index (χ0n) is 19.0. The number of nitrogens with zero attached hydrogens (tertiary/aromatic N) is 3. The number of halogens is 4. The number of hydrogen-bond donors (Lipinski definition) is 0. The van der Waals surface area contributed by atoms with Crippen molar-refractivity contribution in [2.75, 3.05) is 0 Å². The molecule has 5 rings (SSSR count). The summed E-state index contributed by atoms with van der Waals surface area (Å²) in [6.45, 7) is 0.332. The summed E-state index contributed by atoms with van der Waals surface area (Å²) in [5, 5.41) is 5.41. The molecule has 5 nitrogen and oxygen atoms in total. The van der Waals surface area contributed by atoms with E-state index in [-0.39, 0.29) is 5.56 Å². The molecule has 1 heterocycles. The van der Waals surface area contributed by atoms with Crippen LogP contribution in [0, 0.1) is 0 Å². The first-order chi connectivity index (χ1) is 17.9. The van der Waals surface area contributed by atoms with Crippen LogP contribution in [-0.2, 0) is 6.61 Å². The first-order valence-electron chi connectivity index (χ1n) is 11.1. The number of hydrogen-bond acceptors (Lipinski definition) is 4. The lowest BCUT2D eigenvalue weighted by molar-refractivity contribution is 0.303. The van der Waals surface area contributed by atoms with Crippen molar-refractivity contribution in [3.8, 4) is 17.1 Å². The molecule has 5 aromatic rings. The SMILES string of the molecule is O=c1c2ccccc2nc(-c2ccccc2)n1N=Cc1cc(Cl)c(OCc2ccc(Br)cc2Br)c(Br)c1. The predicted octanol–water partition coefficient (Wildman–Crippen LogP) is 8.47. The van der Waals surface area contributed by atoms with E-state index in [1.807, 2.05) is 72.8 Å². The van der Waals surface area contributed by atoms with Crippen LogP contribution in [0.1, 0.15) is 11.1 Å². The van der Waals surface area contributed by atoms with E-state index in [0.29, 0.717) is 44.1 Å². The van der Waals surface area contributed by atoms with Crippen molar-refractivity contribution in [2.45, 2.75) is 6.61 Å². The highest BCUT2D eigenvalue weighted by Crippen LogP contribution is 2.35. The molecule has 4 aromatic carbocycles. The fourth-order valence-electron chi connectivity index (χ4n) is 3.71. The average Bonchev–Trinajstić information content (AvgIpc) is 2.89. The number of rotatable bonds is 6. The number of benzene rings is 4. The Morgan fingerprint density at radius 3 is 2.43 bits per heavy atom. The van der Waals surface area contributed by atoms with Crippen LogP contribution in [0.15, 0.2) is 108 Å². The van der Waals surface area contributed by atoms with Crippen LogP contribution in [-0.4, -0.2) is 15.9 Å². The molecule has 184 valence electrons. The van der Waals surface area contributed by atoms with Crippen molar-refractivity contribution in [3.63, 3.8) is 0 Å². The van der Waals surface area contributed by atoms with Gasteiger partial charge in [-0.1, -0.05) is 92.0 Å². The molecule has 1 aromatic heterocycles. The van der Waals surface area contributed by atoms with Crippen LogP contribution in [0.3, 0.4) is 0 Å². The van der Waals surface area contributed by atoms with Gasteiger partial charge in [-0.3, -0.25) is 4.79 Å². The third-order valence-electron chi connectivity index (χ3n) is 5.52. The normalized spacial score (nSPS) is 11.4. The Hall–Kier alpha value is -2.78. The molecule has 0 unspecified atom stereocenters. The van der Waals surface area contributed by atoms with E-state index in [1.54, 1.807) is 18.3 Å². The molecule has 0 fully saturated rings. The molecule has 37 heavy (non-hydrogen) atoms. The van der Waals surface area contributed by atoms with Crippen LogP contribution < -0.4 is 10.3 Å². The van der Waals surface area contributed by atoms with E-state index in [1.165, 1.54) is 4.68 Å². The van der Waals surface area contributed by atoms with E-state index in [4.69, 9.17) is 21.3 Å². The second-order valence-corrected chi connectivity index (χ2v) is 11.0. The molecule has 0 amide bonds. The Labute approximate surface area is 243 Å². The first-order valence-corrected chi connectivity index (χ1v) is 13.8. The van der Waals surface area contributed by atoms with Crippen LogP contribution >= 0.6 is 59.4 Å². The number of ether oxygens (including phenoxy) is 1. The van der Waals surface area contributed by atoms with Gasteiger partial charge in [-0.25, -0.2) is 4.98 Å². The Morgan fingerprint density at radius 1 is 0.919 bits per heavy atom. The summed E-state index contributed by atoms with van der Waals surface area (Å²) in [4.78, 5) is 18.1. The highest BCUT2D eigenvalue weighted by Gasteiger charge is 2.13. The fourth-order valence-corrected chi connectivity index (χ4v) is 5.86. The first kappa shape index (κ1) is 25.9. The van der Waals surface area contributed by atoms with E-state index >= 15 is 0 Å². The van der Waals surface area contributed by atoms with Gasteiger partial charge >= 0.3 is 0 Å². The maximum Gasteiger partial charge on any atom is 0.282 e. The molecule has 0 spiro atoms. The predicted molar refractivity (Wildman–Crippen MR) is 160 cm³/mol. The number of aromatic nitrogens is 2. The molecule has 0 bridgehead atoms. The molecule has 0 N–H and O–H groups in total. The molecule has 0 aliphatic rings. The topological polar surface area (TPSA) is 56.5 Å². The van der Waals surface area contributed by atoms with E-state index < -0.39 is 0 Å². The largest absolute Gasteiger partial charge is 0.486 e. The standard InChI is InChI=1S/C28H17Br3ClN3O2/c29-20-11-10-19(22(30)14-20)16-37-26-23(31)12-17(13-24(26)32)15-33-35-27(18-6-2-1-3-7-18)34-25-9-5-4-8-21(25)28(35)36/h1-15H,16H2. The van der Waals surface area contributed by atoms with Crippen molar-refractivity contribution < 1.29 is 4.74 Å². The third-order valence-corrected chi connectivity index (χ3v) is 7.62. The van der Waals surface area contributed by atoms with E-state index in [9.17, 15) is 4.79 Å². The number of para-hydroxylation sites is 1. The van der Waals surface area contributed by atoms with Gasteiger partial charge in [0.05, 0.1) is 26.6 Å². The zero-order chi connectivity index (χ0) is 25.9. The maximum absolute atomic E-state index is 13.3. The Bertz CT molecular complexity index is 1680. The van der Waals surface area contributed by atoms with Gasteiger partial charge in [0.25, 0.3) is 5.56 Å². The lowest BCUT2D eigenvalue weighted by Crippen LogP contribution is -2.20. The second kappa shape index (κ2) is 11.3. The van der Waals surface area contributed by atoms with Crippen molar-refractivity contribution in [1.29, 1.82) is 0 Å². The van der Waals surface area contributed by atoms with Gasteiger partial charge in [0.1, 0.15) is 6.61 Å². The fraction of sp³-hybridized carbons (Fsp3) is 0.0357. The molecule has 0 saturated heterocycles. The van der Waals surface area contributed by atoms with Gasteiger partial charge in [0.15, 0.2) is 11.6 Å². The van der Waals surface area contributed by atoms with Gasteiger partial charge in [-0.2, -0.15) is 9.78 Å². The molecular weight excluding hydrogens is 685 g/mol. The summed E-state index contributed by atoms with van der Waals surface area (Å²) in [6, 6.07) is 26.2. The third kappa shape index (κ3) is 5.72. The summed E-state index contributed by atoms with van der Waals surface area (Å²) in [7, 11) is 0. The minimum Gasteiger partial charge on any atom is -0.486 e. The monoisotopic (exact) mass is 699 g/mol. The quantitative estimate of drug-likeness (QED) is 0.167. The lowest BCUT2D eigenvalue weighted by atomic mass is 10.2. The number of fused-ring (bicyclic) bond motifs is 1. The molecule has 0 aliphatic heterocycles. The van der Waals surface area contributed by atoms with Gasteiger partial charge in [0, 0.05) is 20.1 Å². The lowest BCUT2D eigenvalue weighted by Gasteiger charge is -2.12. The maximum atomic E-state index is 13.3. The summed E-state index contributed by atoms with van der Waals surface area (Å²) in [5.41, 5.74) is 2.81. The Kier molecular flexibility index (Phi) is 7.90. The summed E-state index contributed by atoms with van der Waals surface area (Å²) in [5.74, 6) is 0.967. The van der Waals surface area contributed by atoms with Crippen molar-refractivity contribution >= 4 is 76.5 Å². The van der Waals surface area contributed by atoms with Gasteiger partial charge in [-0.05, 0) is 57.9 Å². The smallest absolute Gasteiger partial charge is 0.282 e. The highest BCUT2D eigenvalue weighted by molar-refractivity contribution is 9.11. The second-order valence-electron chi connectivity index (χ2n) is 8.02. The molecule has 0 atom stereocenters. The van der Waals surface area contributed by atoms with Gasteiger partial charge in [0.2, 0.25) is 0 Å². The summed E-state index contributed by atoms with van der Waals surface area (Å²) in [6.07, 6.45) is 1.58. The Morgan fingerprint density at radius 2 is 1.68 bits per heavy atom. The highest BCUT2D eigenvalue weighted by atomic mass is 79.9. The van der Waals surface area contributed by atoms with E-state index in [2.05, 4.69) is 52.9 Å². The average molecular weight is 703 g/mol. The van der Waals surface area contributed by atoms with E-state index in [0.717, 1.165) is 20.1 Å². The summed E-state index contributed by atoms with van der Waals surface area (Å²) >= 11 is 17.1. The molecule has 9 heteroatoms. The molecule has 0 aliphatic carbocycles. The minimum absolute atomic E-state index is 0.258. The Balaban J connectivity index is 1.48. The van der Waals surface area contributed by atoms with Crippen molar-refractivity contribution in [3.05, 3.63) is 125 Å². The zero-order valence-corrected chi connectivity index (χ0v) is 24.6. The van der Waals surface area contributed by atoms with Gasteiger partial charge in [-0.15, -0.1) is 0 Å². The van der Waals surface area contributed by atoms with Crippen molar-refractivity contribution in [1.82, 2.24) is 9.66 Å². The van der Waals surface area contributed by atoms with Crippen molar-refractivity contribution in [2.24, 2.45) is 5.10 Å². The van der Waals surface area contributed by atoms with Gasteiger partial charge < -0.3 is 4.74 Å². The molecule has 0 saturated carbocycles. The van der Waals surface area contributed by atoms with Crippen LogP contribution in [0.25, 0.3) is 22.3 Å². The minimum atomic E-state index is -0.258. The van der Waals surface area contributed by atoms with Crippen LogP contribution in [0.2, 0.25) is 5.02 Å². The van der Waals surface area contributed by atoms with Crippen LogP contribution in [0.4, 0.5) is 0 Å². The molecular formula is C28H17Br3ClN3O2. The van der Waals surface area contributed by atoms with Crippen LogP contribution in [0.5, 0.6) is 5.75 Å². The summed E-state index contributed by atoms with van der Waals surface area (Å²) < 4.78 is 9.89. The molecule has 0 radical (unpaired) electrons.